The Labute approximate surface area is 254 Å². The van der Waals surface area contributed by atoms with Crippen LogP contribution in [-0.2, 0) is 11.8 Å². The number of fused-ring (bicyclic) bond motifs is 3. The number of carbonyl (C=O) groups is 1. The molecule has 220 valence electrons. The predicted octanol–water partition coefficient (Wildman–Crippen LogP) is 5.69. The third-order valence-corrected chi connectivity index (χ3v) is 8.84. The molecular formula is C36H33N5O3. The molecule has 7 rings (SSSR count). The first-order valence-electron chi connectivity index (χ1n) is 15.0. The maximum atomic E-state index is 13.6. The zero-order valence-electron chi connectivity index (χ0n) is 24.7. The number of nitrogens with zero attached hydrogens (tertiary/aromatic N) is 5. The van der Waals surface area contributed by atoms with Crippen LogP contribution in [0.3, 0.4) is 0 Å². The molecule has 3 aromatic heterocycles. The van der Waals surface area contributed by atoms with Crippen molar-refractivity contribution >= 4 is 27.8 Å². The molecule has 1 fully saturated rings. The molecule has 0 radical (unpaired) electrons. The number of aliphatic hydroxyl groups is 1. The largest absolute Gasteiger partial charge is 0.384 e. The number of amides is 1. The fourth-order valence-corrected chi connectivity index (χ4v) is 6.35. The monoisotopic (exact) mass is 583 g/mol. The summed E-state index contributed by atoms with van der Waals surface area (Å²) in [6.07, 6.45) is 4.36. The molecule has 8 heteroatoms. The number of pyridine rings is 2. The lowest BCUT2D eigenvalue weighted by Crippen LogP contribution is -2.42. The van der Waals surface area contributed by atoms with Crippen LogP contribution in [0.2, 0.25) is 0 Å². The Morgan fingerprint density at radius 2 is 1.59 bits per heavy atom. The first kappa shape index (κ1) is 27.7. The van der Waals surface area contributed by atoms with Crippen molar-refractivity contribution in [2.45, 2.75) is 31.8 Å². The highest BCUT2D eigenvalue weighted by atomic mass is 16.3. The number of hydrogen-bond donors (Lipinski definition) is 1. The van der Waals surface area contributed by atoms with Gasteiger partial charge in [0.25, 0.3) is 5.91 Å². The van der Waals surface area contributed by atoms with E-state index in [9.17, 15) is 14.7 Å². The Kier molecular flexibility index (Phi) is 7.06. The fraction of sp³-hybridized carbons (Fsp3) is 0.222. The van der Waals surface area contributed by atoms with Crippen molar-refractivity contribution in [2.24, 2.45) is 7.05 Å². The van der Waals surface area contributed by atoms with Gasteiger partial charge in [0, 0.05) is 42.8 Å². The molecule has 6 aromatic rings. The van der Waals surface area contributed by atoms with Gasteiger partial charge in [-0.1, -0.05) is 54.6 Å². The van der Waals surface area contributed by atoms with E-state index in [0.717, 1.165) is 62.8 Å². The minimum absolute atomic E-state index is 0.133. The van der Waals surface area contributed by atoms with Gasteiger partial charge in [-0.2, -0.15) is 0 Å². The lowest BCUT2D eigenvalue weighted by Gasteiger charge is -2.33. The molecule has 4 heterocycles. The minimum atomic E-state index is -0.968. The van der Waals surface area contributed by atoms with E-state index < -0.39 is 6.10 Å². The van der Waals surface area contributed by atoms with Gasteiger partial charge >= 0.3 is 5.69 Å². The lowest BCUT2D eigenvalue weighted by molar-refractivity contribution is -0.140. The maximum Gasteiger partial charge on any atom is 0.333 e. The summed E-state index contributed by atoms with van der Waals surface area (Å²) in [7, 11) is 1.78. The van der Waals surface area contributed by atoms with Crippen molar-refractivity contribution in [1.29, 1.82) is 0 Å². The number of benzene rings is 3. The second kappa shape index (κ2) is 11.2. The number of piperidine rings is 1. The molecule has 0 saturated carbocycles. The molecule has 1 N–H and O–H groups in total. The van der Waals surface area contributed by atoms with Gasteiger partial charge in [0.2, 0.25) is 0 Å². The number of likely N-dealkylation sites (tertiary alicyclic amines) is 1. The Morgan fingerprint density at radius 1 is 0.864 bits per heavy atom. The first-order valence-corrected chi connectivity index (χ1v) is 15.0. The normalized spacial score (nSPS) is 14.8. The summed E-state index contributed by atoms with van der Waals surface area (Å²) < 4.78 is 3.42. The molecule has 0 bridgehead atoms. The van der Waals surface area contributed by atoms with Gasteiger partial charge in [-0.3, -0.25) is 23.9 Å². The minimum Gasteiger partial charge on any atom is -0.384 e. The Balaban J connectivity index is 1.24. The Morgan fingerprint density at radius 3 is 2.27 bits per heavy atom. The van der Waals surface area contributed by atoms with Crippen LogP contribution in [0.25, 0.3) is 50.0 Å². The molecule has 1 amide bonds. The van der Waals surface area contributed by atoms with Gasteiger partial charge in [0.1, 0.15) is 6.10 Å². The van der Waals surface area contributed by atoms with E-state index in [2.05, 4.69) is 29.2 Å². The Bertz CT molecular complexity index is 2040. The summed E-state index contributed by atoms with van der Waals surface area (Å²) in [6.45, 7) is 2.78. The average Bonchev–Trinajstić information content (AvgIpc) is 3.34. The quantitative estimate of drug-likeness (QED) is 0.281. The predicted molar refractivity (Wildman–Crippen MR) is 173 cm³/mol. The van der Waals surface area contributed by atoms with Gasteiger partial charge < -0.3 is 10.0 Å². The molecule has 1 aliphatic rings. The molecule has 3 aromatic carbocycles. The van der Waals surface area contributed by atoms with E-state index in [1.165, 1.54) is 12.5 Å². The highest BCUT2D eigenvalue weighted by Crippen LogP contribution is 2.32. The molecule has 0 aliphatic carbocycles. The van der Waals surface area contributed by atoms with E-state index in [0.29, 0.717) is 19.0 Å². The number of hydrogen-bond acceptors (Lipinski definition) is 5. The summed E-state index contributed by atoms with van der Waals surface area (Å²) in [4.78, 5) is 36.9. The van der Waals surface area contributed by atoms with Crippen molar-refractivity contribution in [3.05, 3.63) is 113 Å². The molecule has 0 spiro atoms. The van der Waals surface area contributed by atoms with Crippen molar-refractivity contribution in [2.75, 3.05) is 13.1 Å². The number of imidazole rings is 1. The van der Waals surface area contributed by atoms with Gasteiger partial charge in [-0.05, 0) is 67.1 Å². The number of aryl methyl sites for hydroxylation is 1. The summed E-state index contributed by atoms with van der Waals surface area (Å²) in [5, 5.41) is 10.5. The van der Waals surface area contributed by atoms with Gasteiger partial charge in [-0.15, -0.1) is 0 Å². The number of carbonyl (C=O) groups excluding carboxylic acids is 1. The van der Waals surface area contributed by atoms with E-state index >= 15 is 0 Å². The van der Waals surface area contributed by atoms with E-state index in [4.69, 9.17) is 4.98 Å². The van der Waals surface area contributed by atoms with Crippen LogP contribution in [0.15, 0.2) is 102 Å². The van der Waals surface area contributed by atoms with Crippen molar-refractivity contribution in [3.63, 3.8) is 0 Å². The molecule has 44 heavy (non-hydrogen) atoms. The van der Waals surface area contributed by atoms with Crippen molar-refractivity contribution in [3.8, 4) is 28.1 Å². The zero-order valence-corrected chi connectivity index (χ0v) is 24.7. The summed E-state index contributed by atoms with van der Waals surface area (Å²) >= 11 is 0. The smallest absolute Gasteiger partial charge is 0.333 e. The van der Waals surface area contributed by atoms with Gasteiger partial charge in [-0.25, -0.2) is 4.79 Å². The first-order chi connectivity index (χ1) is 21.4. The van der Waals surface area contributed by atoms with Crippen molar-refractivity contribution < 1.29 is 9.90 Å². The second-order valence-electron chi connectivity index (χ2n) is 11.6. The topological polar surface area (TPSA) is 93.2 Å². The summed E-state index contributed by atoms with van der Waals surface area (Å²) in [5.74, 6) is 0.111. The number of rotatable bonds is 5. The highest BCUT2D eigenvalue weighted by Gasteiger charge is 2.26. The van der Waals surface area contributed by atoms with Crippen LogP contribution in [0, 0.1) is 0 Å². The summed E-state index contributed by atoms with van der Waals surface area (Å²) in [5.41, 5.74) is 8.20. The molecule has 1 aliphatic heterocycles. The van der Waals surface area contributed by atoms with Crippen LogP contribution in [0.1, 0.15) is 31.2 Å². The second-order valence-corrected chi connectivity index (χ2v) is 11.6. The van der Waals surface area contributed by atoms with E-state index in [1.807, 2.05) is 66.9 Å². The maximum absolute atomic E-state index is 13.6. The van der Waals surface area contributed by atoms with Gasteiger partial charge in [0.15, 0.2) is 0 Å². The van der Waals surface area contributed by atoms with E-state index in [-0.39, 0.29) is 11.6 Å². The van der Waals surface area contributed by atoms with Crippen LogP contribution < -0.4 is 5.69 Å². The number of aromatic nitrogens is 4. The van der Waals surface area contributed by atoms with Crippen LogP contribution in [-0.4, -0.2) is 54.2 Å². The molecule has 1 saturated heterocycles. The van der Waals surface area contributed by atoms with Crippen LogP contribution >= 0.6 is 0 Å². The van der Waals surface area contributed by atoms with Crippen LogP contribution in [0.5, 0.6) is 0 Å². The van der Waals surface area contributed by atoms with E-state index in [1.54, 1.807) is 27.3 Å². The van der Waals surface area contributed by atoms with Crippen molar-refractivity contribution in [1.82, 2.24) is 24.0 Å². The highest BCUT2D eigenvalue weighted by molar-refractivity contribution is 6.04. The average molecular weight is 584 g/mol. The molecule has 0 unspecified atom stereocenters. The van der Waals surface area contributed by atoms with Crippen LogP contribution in [0.4, 0.5) is 0 Å². The molecule has 1 atom stereocenters. The fourth-order valence-electron chi connectivity index (χ4n) is 6.35. The third-order valence-electron chi connectivity index (χ3n) is 8.84. The molecule has 8 nitrogen and oxygen atoms in total. The lowest BCUT2D eigenvalue weighted by atomic mass is 9.89. The third kappa shape index (κ3) is 4.87. The summed E-state index contributed by atoms with van der Waals surface area (Å²) in [6, 6.07) is 28.5. The Hall–Kier alpha value is -5.08. The number of aliphatic hydroxyl groups excluding tert-OH is 1. The standard InChI is InChI=1S/C36H33N5O3/c1-23(42)35(43)40-18-16-25(17-19-40)24-8-12-29(13-9-24)41-34-30-20-27(10-15-32(30)38-22-33(34)39(2)36(41)44)28-11-14-31(37-21-28)26-6-4-3-5-7-26/h3-15,20-23,25,42H,16-19H2,1-2H3/t23-/m0/s1. The molecular weight excluding hydrogens is 550 g/mol. The SMILES string of the molecule is C[C@H](O)C(=O)N1CCC(c2ccc(-n3c(=O)n(C)c4cnc5ccc(-c6ccc(-c7ccccc7)nc6)cc5c43)cc2)CC1. The van der Waals surface area contributed by atoms with Gasteiger partial charge in [0.05, 0.1) is 34.1 Å². The zero-order chi connectivity index (χ0) is 30.4.